The van der Waals surface area contributed by atoms with Crippen molar-refractivity contribution in [2.24, 2.45) is 0 Å². The third kappa shape index (κ3) is 3.80. The number of phenolic OH excluding ortho intramolecular Hbond substituents is 1. The maximum atomic E-state index is 12.7. The Kier molecular flexibility index (Phi) is 5.62. The summed E-state index contributed by atoms with van der Waals surface area (Å²) in [6, 6.07) is 15.3. The van der Waals surface area contributed by atoms with E-state index in [0.717, 1.165) is 20.6 Å². The first-order valence-corrected chi connectivity index (χ1v) is 11.5. The molecule has 0 aliphatic carbocycles. The normalized spacial score (nSPS) is 12.0. The van der Waals surface area contributed by atoms with E-state index in [1.54, 1.807) is 12.1 Å². The molecule has 0 bridgehead atoms. The summed E-state index contributed by atoms with van der Waals surface area (Å²) in [4.78, 5) is 17.3. The summed E-state index contributed by atoms with van der Waals surface area (Å²) < 4.78 is 33.3. The van der Waals surface area contributed by atoms with Gasteiger partial charge in [-0.25, -0.2) is 22.5 Å². The SMILES string of the molecule is CCn1c(COC(=O)c2cc3ccccc3cc2O)nc2cc(S(=O)(=O)N(C)C)ccc21. The highest BCUT2D eigenvalue weighted by atomic mass is 32.2. The zero-order chi connectivity index (χ0) is 23.0. The number of esters is 1. The van der Waals surface area contributed by atoms with Crippen molar-refractivity contribution in [2.45, 2.75) is 25.0 Å². The van der Waals surface area contributed by atoms with Crippen molar-refractivity contribution in [3.63, 3.8) is 0 Å². The lowest BCUT2D eigenvalue weighted by Gasteiger charge is -2.11. The quantitative estimate of drug-likeness (QED) is 0.448. The highest BCUT2D eigenvalue weighted by Crippen LogP contribution is 2.27. The van der Waals surface area contributed by atoms with E-state index in [2.05, 4.69) is 4.98 Å². The smallest absolute Gasteiger partial charge is 0.342 e. The molecule has 0 aliphatic heterocycles. The second-order valence-electron chi connectivity index (χ2n) is 7.50. The molecule has 4 rings (SSSR count). The van der Waals surface area contributed by atoms with Gasteiger partial charge in [0.15, 0.2) is 0 Å². The summed E-state index contributed by atoms with van der Waals surface area (Å²) in [6.45, 7) is 2.36. The van der Waals surface area contributed by atoms with Crippen molar-refractivity contribution in [3.8, 4) is 5.75 Å². The van der Waals surface area contributed by atoms with Crippen molar-refractivity contribution < 1.29 is 23.1 Å². The van der Waals surface area contributed by atoms with Gasteiger partial charge in [0, 0.05) is 20.6 Å². The average molecular weight is 454 g/mol. The highest BCUT2D eigenvalue weighted by molar-refractivity contribution is 7.89. The summed E-state index contributed by atoms with van der Waals surface area (Å²) in [6.07, 6.45) is 0. The minimum Gasteiger partial charge on any atom is -0.507 e. The van der Waals surface area contributed by atoms with Crippen molar-refractivity contribution >= 4 is 37.8 Å². The number of benzene rings is 3. The number of rotatable bonds is 6. The molecule has 0 fully saturated rings. The van der Waals surface area contributed by atoms with E-state index >= 15 is 0 Å². The molecule has 0 saturated heterocycles. The Bertz CT molecular complexity index is 1440. The van der Waals surface area contributed by atoms with E-state index < -0.39 is 16.0 Å². The maximum absolute atomic E-state index is 12.7. The number of hydrogen-bond donors (Lipinski definition) is 1. The van der Waals surface area contributed by atoms with Crippen LogP contribution < -0.4 is 0 Å². The number of phenols is 1. The first-order valence-electron chi connectivity index (χ1n) is 10.0. The van der Waals surface area contributed by atoms with E-state index in [4.69, 9.17) is 4.74 Å². The highest BCUT2D eigenvalue weighted by Gasteiger charge is 2.20. The number of aromatic nitrogens is 2. The molecule has 8 nitrogen and oxygen atoms in total. The lowest BCUT2D eigenvalue weighted by atomic mass is 10.1. The predicted octanol–water partition coefficient (Wildman–Crippen LogP) is 3.52. The van der Waals surface area contributed by atoms with Gasteiger partial charge in [-0.15, -0.1) is 0 Å². The first kappa shape index (κ1) is 21.8. The van der Waals surface area contributed by atoms with Gasteiger partial charge in [-0.1, -0.05) is 24.3 Å². The topological polar surface area (TPSA) is 102 Å². The summed E-state index contributed by atoms with van der Waals surface area (Å²) in [5.41, 5.74) is 1.31. The third-order valence-corrected chi connectivity index (χ3v) is 7.12. The van der Waals surface area contributed by atoms with Crippen molar-refractivity contribution in [1.82, 2.24) is 13.9 Å². The van der Waals surface area contributed by atoms with E-state index in [1.165, 1.54) is 32.3 Å². The fraction of sp³-hybridized carbons (Fsp3) is 0.217. The van der Waals surface area contributed by atoms with Gasteiger partial charge >= 0.3 is 5.97 Å². The van der Waals surface area contributed by atoms with Gasteiger partial charge in [-0.3, -0.25) is 0 Å². The minimum atomic E-state index is -3.59. The van der Waals surface area contributed by atoms with Crippen LogP contribution in [-0.4, -0.2) is 47.4 Å². The Morgan fingerprint density at radius 1 is 1.09 bits per heavy atom. The number of sulfonamides is 1. The van der Waals surface area contributed by atoms with Gasteiger partial charge in [-0.05, 0) is 48.0 Å². The van der Waals surface area contributed by atoms with Gasteiger partial charge in [-0.2, -0.15) is 0 Å². The Balaban J connectivity index is 1.63. The monoisotopic (exact) mass is 453 g/mol. The maximum Gasteiger partial charge on any atom is 0.342 e. The Hall–Kier alpha value is -3.43. The summed E-state index contributed by atoms with van der Waals surface area (Å²) in [5.74, 6) is -0.342. The molecule has 1 aromatic heterocycles. The minimum absolute atomic E-state index is 0.0715. The molecule has 9 heteroatoms. The first-order chi connectivity index (χ1) is 15.2. The number of hydrogen-bond acceptors (Lipinski definition) is 6. The molecule has 32 heavy (non-hydrogen) atoms. The van der Waals surface area contributed by atoms with Crippen LogP contribution in [0.15, 0.2) is 59.5 Å². The van der Waals surface area contributed by atoms with E-state index in [9.17, 15) is 18.3 Å². The predicted molar refractivity (Wildman–Crippen MR) is 121 cm³/mol. The van der Waals surface area contributed by atoms with Crippen molar-refractivity contribution in [1.29, 1.82) is 0 Å². The number of aromatic hydroxyl groups is 1. The molecule has 4 aromatic rings. The van der Waals surface area contributed by atoms with Crippen LogP contribution in [0.4, 0.5) is 0 Å². The van der Waals surface area contributed by atoms with Crippen molar-refractivity contribution in [2.75, 3.05) is 14.1 Å². The van der Waals surface area contributed by atoms with Crippen LogP contribution in [0.2, 0.25) is 0 Å². The van der Waals surface area contributed by atoms with Gasteiger partial charge in [0.2, 0.25) is 10.0 Å². The lowest BCUT2D eigenvalue weighted by molar-refractivity contribution is 0.0455. The summed E-state index contributed by atoms with van der Waals surface area (Å²) in [7, 11) is -0.653. The number of carbonyl (C=O) groups is 1. The molecule has 0 radical (unpaired) electrons. The van der Waals surface area contributed by atoms with Gasteiger partial charge in [0.25, 0.3) is 0 Å². The fourth-order valence-electron chi connectivity index (χ4n) is 3.59. The molecule has 0 atom stereocenters. The molecular weight excluding hydrogens is 430 g/mol. The van der Waals surface area contributed by atoms with Crippen LogP contribution in [-0.2, 0) is 27.9 Å². The Morgan fingerprint density at radius 3 is 2.44 bits per heavy atom. The number of imidazole rings is 1. The Morgan fingerprint density at radius 2 is 1.78 bits per heavy atom. The molecule has 0 spiro atoms. The second-order valence-corrected chi connectivity index (χ2v) is 9.65. The van der Waals surface area contributed by atoms with Crippen molar-refractivity contribution in [3.05, 3.63) is 66.0 Å². The van der Waals surface area contributed by atoms with E-state index in [1.807, 2.05) is 35.8 Å². The van der Waals surface area contributed by atoms with Gasteiger partial charge in [0.1, 0.15) is 23.7 Å². The van der Waals surface area contributed by atoms with Crippen LogP contribution in [0, 0.1) is 0 Å². The van der Waals surface area contributed by atoms with Crippen LogP contribution >= 0.6 is 0 Å². The number of aryl methyl sites for hydroxylation is 1. The summed E-state index contributed by atoms with van der Waals surface area (Å²) in [5, 5.41) is 11.9. The third-order valence-electron chi connectivity index (χ3n) is 5.31. The zero-order valence-corrected chi connectivity index (χ0v) is 18.8. The number of carbonyl (C=O) groups excluding carboxylic acids is 1. The number of fused-ring (bicyclic) bond motifs is 2. The number of ether oxygens (including phenoxy) is 1. The molecule has 1 heterocycles. The molecule has 0 saturated carbocycles. The second kappa shape index (κ2) is 8.25. The summed E-state index contributed by atoms with van der Waals surface area (Å²) >= 11 is 0. The fourth-order valence-corrected chi connectivity index (χ4v) is 4.52. The zero-order valence-electron chi connectivity index (χ0n) is 17.9. The number of nitrogens with zero attached hydrogens (tertiary/aromatic N) is 3. The molecule has 0 unspecified atom stereocenters. The van der Waals surface area contributed by atoms with E-state index in [-0.39, 0.29) is 22.8 Å². The van der Waals surface area contributed by atoms with E-state index in [0.29, 0.717) is 17.9 Å². The standard InChI is InChI=1S/C23H23N3O5S/c1-4-26-20-10-9-17(32(29,30)25(2)3)13-19(20)24-22(26)14-31-23(28)18-11-15-7-5-6-8-16(15)12-21(18)27/h5-13,27H,4,14H2,1-3H3. The average Bonchev–Trinajstić information content (AvgIpc) is 3.13. The van der Waals surface area contributed by atoms with Crippen LogP contribution in [0.25, 0.3) is 21.8 Å². The van der Waals surface area contributed by atoms with Crippen LogP contribution in [0.3, 0.4) is 0 Å². The molecule has 0 aliphatic rings. The molecule has 166 valence electrons. The Labute approximate surface area is 185 Å². The van der Waals surface area contributed by atoms with Crippen LogP contribution in [0.1, 0.15) is 23.1 Å². The van der Waals surface area contributed by atoms with Gasteiger partial charge < -0.3 is 14.4 Å². The van der Waals surface area contributed by atoms with Gasteiger partial charge in [0.05, 0.1) is 15.9 Å². The lowest BCUT2D eigenvalue weighted by Crippen LogP contribution is -2.22. The molecule has 1 N–H and O–H groups in total. The largest absolute Gasteiger partial charge is 0.507 e. The molecule has 0 amide bonds. The molecule has 3 aromatic carbocycles. The molecular formula is C23H23N3O5S. The van der Waals surface area contributed by atoms with Crippen LogP contribution in [0.5, 0.6) is 5.75 Å².